The lowest BCUT2D eigenvalue weighted by Gasteiger charge is -2.28. The third-order valence-corrected chi connectivity index (χ3v) is 4.53. The summed E-state index contributed by atoms with van der Waals surface area (Å²) in [7, 11) is 1.71. The first-order chi connectivity index (χ1) is 7.58. The molecule has 0 aromatic heterocycles. The number of aryl methyl sites for hydroxylation is 1. The molecule has 0 amide bonds. The first-order valence-corrected chi connectivity index (χ1v) is 6.50. The Labute approximate surface area is 105 Å². The molecule has 1 aromatic carbocycles. The molecule has 0 spiro atoms. The number of methoxy groups -OCH3 is 1. The van der Waals surface area contributed by atoms with E-state index < -0.39 is 0 Å². The Morgan fingerprint density at radius 2 is 1.94 bits per heavy atom. The van der Waals surface area contributed by atoms with E-state index in [9.17, 15) is 0 Å². The summed E-state index contributed by atoms with van der Waals surface area (Å²) < 4.78 is 6.56. The molecule has 0 aliphatic heterocycles. The van der Waals surface area contributed by atoms with Gasteiger partial charge in [0.2, 0.25) is 0 Å². The molecule has 2 rings (SSSR count). The standard InChI is InChI=1S/C13H18BrNO/c1-9-5-6-10(16-2)11(12(9)14)13(15)7-3-4-8-13/h5-6H,3-4,7-8,15H2,1-2H3. The smallest absolute Gasteiger partial charge is 0.125 e. The highest BCUT2D eigenvalue weighted by atomic mass is 79.9. The topological polar surface area (TPSA) is 35.2 Å². The molecule has 0 unspecified atom stereocenters. The van der Waals surface area contributed by atoms with Gasteiger partial charge in [-0.1, -0.05) is 34.8 Å². The molecule has 2 nitrogen and oxygen atoms in total. The molecule has 1 fully saturated rings. The number of nitrogens with two attached hydrogens (primary N) is 1. The number of ether oxygens (including phenoxy) is 1. The highest BCUT2D eigenvalue weighted by molar-refractivity contribution is 9.10. The van der Waals surface area contributed by atoms with Crippen LogP contribution in [0, 0.1) is 6.92 Å². The molecule has 1 saturated carbocycles. The maximum absolute atomic E-state index is 6.52. The highest BCUT2D eigenvalue weighted by Crippen LogP contribution is 2.44. The monoisotopic (exact) mass is 283 g/mol. The van der Waals surface area contributed by atoms with Crippen molar-refractivity contribution in [3.05, 3.63) is 27.7 Å². The van der Waals surface area contributed by atoms with E-state index in [1.54, 1.807) is 7.11 Å². The summed E-state index contributed by atoms with van der Waals surface area (Å²) in [5, 5.41) is 0. The molecule has 0 radical (unpaired) electrons. The zero-order chi connectivity index (χ0) is 11.8. The van der Waals surface area contributed by atoms with Gasteiger partial charge in [0.25, 0.3) is 0 Å². The van der Waals surface area contributed by atoms with Crippen LogP contribution in [-0.2, 0) is 5.54 Å². The molecular formula is C13H18BrNO. The van der Waals surface area contributed by atoms with Gasteiger partial charge in [-0.2, -0.15) is 0 Å². The molecule has 16 heavy (non-hydrogen) atoms. The van der Waals surface area contributed by atoms with Crippen LogP contribution < -0.4 is 10.5 Å². The van der Waals surface area contributed by atoms with Gasteiger partial charge in [-0.25, -0.2) is 0 Å². The normalized spacial score (nSPS) is 18.8. The fraction of sp³-hybridized carbons (Fsp3) is 0.538. The minimum Gasteiger partial charge on any atom is -0.496 e. The van der Waals surface area contributed by atoms with Crippen molar-refractivity contribution in [2.45, 2.75) is 38.1 Å². The largest absolute Gasteiger partial charge is 0.496 e. The molecule has 1 aromatic rings. The Morgan fingerprint density at radius 3 is 2.50 bits per heavy atom. The molecular weight excluding hydrogens is 266 g/mol. The van der Waals surface area contributed by atoms with Gasteiger partial charge in [0.15, 0.2) is 0 Å². The molecule has 0 atom stereocenters. The van der Waals surface area contributed by atoms with Crippen molar-refractivity contribution in [3.8, 4) is 5.75 Å². The molecule has 0 saturated heterocycles. The SMILES string of the molecule is COc1ccc(C)c(Br)c1C1(N)CCCC1. The Kier molecular flexibility index (Phi) is 3.27. The lowest BCUT2D eigenvalue weighted by molar-refractivity contribution is 0.378. The van der Waals surface area contributed by atoms with Crippen LogP contribution in [0.2, 0.25) is 0 Å². The van der Waals surface area contributed by atoms with Gasteiger partial charge in [-0.3, -0.25) is 0 Å². The van der Waals surface area contributed by atoms with E-state index in [0.717, 1.165) is 28.6 Å². The minimum absolute atomic E-state index is 0.212. The minimum atomic E-state index is -0.212. The van der Waals surface area contributed by atoms with Crippen LogP contribution in [0.1, 0.15) is 36.8 Å². The highest BCUT2D eigenvalue weighted by Gasteiger charge is 2.35. The number of hydrogen-bond donors (Lipinski definition) is 1. The molecule has 0 bridgehead atoms. The summed E-state index contributed by atoms with van der Waals surface area (Å²) in [6.07, 6.45) is 4.51. The maximum Gasteiger partial charge on any atom is 0.125 e. The van der Waals surface area contributed by atoms with Crippen molar-refractivity contribution in [2.24, 2.45) is 5.73 Å². The van der Waals surface area contributed by atoms with Crippen LogP contribution in [0.15, 0.2) is 16.6 Å². The van der Waals surface area contributed by atoms with Crippen molar-refractivity contribution in [1.29, 1.82) is 0 Å². The summed E-state index contributed by atoms with van der Waals surface area (Å²) in [4.78, 5) is 0. The predicted octanol–water partition coefficient (Wildman–Crippen LogP) is 3.49. The van der Waals surface area contributed by atoms with Crippen LogP contribution in [0.5, 0.6) is 5.75 Å². The Balaban J connectivity index is 2.56. The fourth-order valence-electron chi connectivity index (χ4n) is 2.55. The van der Waals surface area contributed by atoms with Gasteiger partial charge in [0.1, 0.15) is 5.75 Å². The molecule has 2 N–H and O–H groups in total. The number of rotatable bonds is 2. The third kappa shape index (κ3) is 1.87. The summed E-state index contributed by atoms with van der Waals surface area (Å²) in [5.74, 6) is 0.905. The van der Waals surface area contributed by atoms with Crippen LogP contribution in [0.3, 0.4) is 0 Å². The Morgan fingerprint density at radius 1 is 1.31 bits per heavy atom. The van der Waals surface area contributed by atoms with Gasteiger partial charge in [0.05, 0.1) is 7.11 Å². The fourth-order valence-corrected chi connectivity index (χ4v) is 3.27. The summed E-state index contributed by atoms with van der Waals surface area (Å²) in [6.45, 7) is 2.09. The molecule has 88 valence electrons. The van der Waals surface area contributed by atoms with Gasteiger partial charge >= 0.3 is 0 Å². The first-order valence-electron chi connectivity index (χ1n) is 5.71. The van der Waals surface area contributed by atoms with Crippen LogP contribution in [0.25, 0.3) is 0 Å². The molecule has 0 heterocycles. The van der Waals surface area contributed by atoms with Gasteiger partial charge in [-0.15, -0.1) is 0 Å². The van der Waals surface area contributed by atoms with Crippen LogP contribution >= 0.6 is 15.9 Å². The van der Waals surface area contributed by atoms with E-state index in [0.29, 0.717) is 0 Å². The molecule has 1 aliphatic rings. The second-order valence-electron chi connectivity index (χ2n) is 4.64. The van der Waals surface area contributed by atoms with E-state index in [1.807, 2.05) is 6.07 Å². The van der Waals surface area contributed by atoms with Crippen molar-refractivity contribution in [2.75, 3.05) is 7.11 Å². The second kappa shape index (κ2) is 4.38. The zero-order valence-corrected chi connectivity index (χ0v) is 11.4. The average Bonchev–Trinajstić information content (AvgIpc) is 2.69. The number of halogens is 1. The summed E-state index contributed by atoms with van der Waals surface area (Å²) >= 11 is 3.66. The summed E-state index contributed by atoms with van der Waals surface area (Å²) in [6, 6.07) is 4.08. The lowest BCUT2D eigenvalue weighted by Crippen LogP contribution is -2.34. The van der Waals surface area contributed by atoms with E-state index in [4.69, 9.17) is 10.5 Å². The predicted molar refractivity (Wildman–Crippen MR) is 69.8 cm³/mol. The average molecular weight is 284 g/mol. The van der Waals surface area contributed by atoms with Crippen molar-refractivity contribution >= 4 is 15.9 Å². The maximum atomic E-state index is 6.52. The van der Waals surface area contributed by atoms with Crippen molar-refractivity contribution in [1.82, 2.24) is 0 Å². The van der Waals surface area contributed by atoms with E-state index in [-0.39, 0.29) is 5.54 Å². The quantitative estimate of drug-likeness (QED) is 0.902. The van der Waals surface area contributed by atoms with Crippen molar-refractivity contribution in [3.63, 3.8) is 0 Å². The van der Waals surface area contributed by atoms with E-state index in [2.05, 4.69) is 28.9 Å². The van der Waals surface area contributed by atoms with Gasteiger partial charge < -0.3 is 10.5 Å². The summed E-state index contributed by atoms with van der Waals surface area (Å²) in [5.41, 5.74) is 8.67. The van der Waals surface area contributed by atoms with Crippen molar-refractivity contribution < 1.29 is 4.74 Å². The lowest BCUT2D eigenvalue weighted by atomic mass is 9.87. The Bertz CT molecular complexity index is 397. The number of benzene rings is 1. The molecule has 1 aliphatic carbocycles. The van der Waals surface area contributed by atoms with Gasteiger partial charge in [0, 0.05) is 15.6 Å². The zero-order valence-electron chi connectivity index (χ0n) is 9.85. The second-order valence-corrected chi connectivity index (χ2v) is 5.43. The molecule has 3 heteroatoms. The third-order valence-electron chi connectivity index (χ3n) is 3.51. The van der Waals surface area contributed by atoms with Gasteiger partial charge in [-0.05, 0) is 31.4 Å². The van der Waals surface area contributed by atoms with Crippen LogP contribution in [0.4, 0.5) is 0 Å². The van der Waals surface area contributed by atoms with E-state index in [1.165, 1.54) is 18.4 Å². The first kappa shape index (κ1) is 11.9. The Hall–Kier alpha value is -0.540. The number of hydrogen-bond acceptors (Lipinski definition) is 2. The van der Waals surface area contributed by atoms with E-state index >= 15 is 0 Å². The van der Waals surface area contributed by atoms with Crippen LogP contribution in [-0.4, -0.2) is 7.11 Å².